The second-order valence-electron chi connectivity index (χ2n) is 7.31. The van der Waals surface area contributed by atoms with E-state index in [1.54, 1.807) is 12.1 Å². The Labute approximate surface area is 194 Å². The van der Waals surface area contributed by atoms with Gasteiger partial charge in [-0.15, -0.1) is 0 Å². The average molecular weight is 485 g/mol. The van der Waals surface area contributed by atoms with Gasteiger partial charge in [-0.25, -0.2) is 9.59 Å². The first-order chi connectivity index (χ1) is 15.6. The second-order valence-corrected chi connectivity index (χ2v) is 7.71. The molecule has 0 saturated carbocycles. The van der Waals surface area contributed by atoms with Crippen molar-refractivity contribution >= 4 is 23.5 Å². The van der Waals surface area contributed by atoms with E-state index in [4.69, 9.17) is 21.8 Å². The van der Waals surface area contributed by atoms with Crippen LogP contribution in [0, 0.1) is 0 Å². The van der Waals surface area contributed by atoms with Gasteiger partial charge in [0.25, 0.3) is 0 Å². The Morgan fingerprint density at radius 3 is 2.06 bits per heavy atom. The summed E-state index contributed by atoms with van der Waals surface area (Å²) in [5.74, 6) is -2.51. The molecule has 0 spiro atoms. The minimum Gasteiger partial charge on any atom is -0.478 e. The average Bonchev–Trinajstić information content (AvgIpc) is 3.28. The number of hydrogen-bond donors (Lipinski definition) is 3. The number of nitrogens with zero attached hydrogens (tertiary/aromatic N) is 1. The number of carboxylic acid groups (broad SMARTS) is 2. The molecule has 1 atom stereocenters. The summed E-state index contributed by atoms with van der Waals surface area (Å²) in [6.45, 7) is 2.43. The zero-order chi connectivity index (χ0) is 24.4. The van der Waals surface area contributed by atoms with Crippen LogP contribution >= 0.6 is 11.6 Å². The van der Waals surface area contributed by atoms with Gasteiger partial charge in [-0.05, 0) is 36.2 Å². The first-order valence-corrected chi connectivity index (χ1v) is 10.4. The number of alkyl halides is 3. The van der Waals surface area contributed by atoms with Crippen molar-refractivity contribution in [3.05, 3.63) is 82.4 Å². The summed E-state index contributed by atoms with van der Waals surface area (Å²) in [7, 11) is 0. The van der Waals surface area contributed by atoms with Gasteiger partial charge in [-0.1, -0.05) is 48.0 Å². The molecule has 0 aromatic heterocycles. The number of carboxylic acids is 2. The lowest BCUT2D eigenvalue weighted by Gasteiger charge is -2.30. The van der Waals surface area contributed by atoms with Crippen LogP contribution < -0.4 is 5.32 Å². The Bertz CT molecular complexity index is 960. The standard InChI is InChI=1S/C19H20ClF3N2.C4H4O4/c20-18-8-4-2-6-15(18)13-25(16-9-10-24-11-16)12-14-5-1-3-7-17(14)19(21,22)23;5-3(6)1-2-4(7)8/h1-8,16,24H,9-13H2;1-2H,(H,5,6)(H,7,8)/b;2-1+/t16-;/m0./s1. The van der Waals surface area contributed by atoms with E-state index in [9.17, 15) is 22.8 Å². The Morgan fingerprint density at radius 2 is 1.55 bits per heavy atom. The molecule has 1 heterocycles. The van der Waals surface area contributed by atoms with Crippen LogP contribution in [-0.4, -0.2) is 46.2 Å². The molecule has 1 aliphatic heterocycles. The van der Waals surface area contributed by atoms with Gasteiger partial charge in [-0.2, -0.15) is 13.2 Å². The highest BCUT2D eigenvalue weighted by atomic mass is 35.5. The van der Waals surface area contributed by atoms with Crippen LogP contribution in [0.1, 0.15) is 23.1 Å². The third-order valence-corrected chi connectivity index (χ3v) is 5.32. The van der Waals surface area contributed by atoms with Crippen molar-refractivity contribution in [1.29, 1.82) is 0 Å². The maximum absolute atomic E-state index is 13.3. The van der Waals surface area contributed by atoms with Gasteiger partial charge in [0.15, 0.2) is 0 Å². The number of carbonyl (C=O) groups is 2. The molecule has 0 unspecified atom stereocenters. The van der Waals surface area contributed by atoms with E-state index >= 15 is 0 Å². The first kappa shape index (κ1) is 26.4. The Kier molecular flexibility index (Phi) is 9.90. The fraction of sp³-hybridized carbons (Fsp3) is 0.304. The van der Waals surface area contributed by atoms with Crippen LogP contribution in [0.2, 0.25) is 5.02 Å². The number of nitrogens with one attached hydrogen (secondary N) is 1. The number of aliphatic carboxylic acids is 2. The maximum Gasteiger partial charge on any atom is 0.416 e. The smallest absolute Gasteiger partial charge is 0.416 e. The van der Waals surface area contributed by atoms with E-state index in [0.29, 0.717) is 29.3 Å². The minimum absolute atomic E-state index is 0.192. The van der Waals surface area contributed by atoms with Crippen molar-refractivity contribution in [3.8, 4) is 0 Å². The summed E-state index contributed by atoms with van der Waals surface area (Å²) in [5.41, 5.74) is 0.666. The summed E-state index contributed by atoms with van der Waals surface area (Å²) in [6.07, 6.45) is -2.32. The first-order valence-electron chi connectivity index (χ1n) is 10.0. The second kappa shape index (κ2) is 12.4. The molecule has 1 fully saturated rings. The summed E-state index contributed by atoms with van der Waals surface area (Å²) < 4.78 is 39.9. The van der Waals surface area contributed by atoms with Crippen LogP contribution in [0.25, 0.3) is 0 Å². The molecule has 178 valence electrons. The molecule has 6 nitrogen and oxygen atoms in total. The van der Waals surface area contributed by atoms with Crippen molar-refractivity contribution in [1.82, 2.24) is 10.2 Å². The van der Waals surface area contributed by atoms with E-state index in [-0.39, 0.29) is 12.6 Å². The number of halogens is 4. The monoisotopic (exact) mass is 484 g/mol. The van der Waals surface area contributed by atoms with E-state index in [1.807, 2.05) is 24.3 Å². The lowest BCUT2D eigenvalue weighted by Crippen LogP contribution is -2.36. The highest BCUT2D eigenvalue weighted by Crippen LogP contribution is 2.33. The quantitative estimate of drug-likeness (QED) is 0.504. The van der Waals surface area contributed by atoms with Gasteiger partial charge >= 0.3 is 18.1 Å². The van der Waals surface area contributed by atoms with Gasteiger partial charge in [0.2, 0.25) is 0 Å². The van der Waals surface area contributed by atoms with Crippen molar-refractivity contribution < 1.29 is 33.0 Å². The molecule has 0 radical (unpaired) electrons. The molecule has 0 aliphatic carbocycles. The highest BCUT2D eigenvalue weighted by molar-refractivity contribution is 6.31. The molecule has 2 aromatic rings. The molecule has 0 amide bonds. The van der Waals surface area contributed by atoms with Gasteiger partial charge in [0.05, 0.1) is 5.56 Å². The topological polar surface area (TPSA) is 89.9 Å². The van der Waals surface area contributed by atoms with Crippen molar-refractivity contribution in [2.75, 3.05) is 13.1 Å². The number of benzene rings is 2. The summed E-state index contributed by atoms with van der Waals surface area (Å²) >= 11 is 6.26. The molecule has 1 saturated heterocycles. The fourth-order valence-electron chi connectivity index (χ4n) is 3.41. The number of hydrogen-bond acceptors (Lipinski definition) is 4. The fourth-order valence-corrected chi connectivity index (χ4v) is 3.60. The maximum atomic E-state index is 13.3. The molecule has 0 bridgehead atoms. The van der Waals surface area contributed by atoms with Crippen LogP contribution in [0.3, 0.4) is 0 Å². The molecular weight excluding hydrogens is 461 g/mol. The summed E-state index contributed by atoms with van der Waals surface area (Å²) in [5, 5.41) is 19.6. The minimum atomic E-state index is -4.35. The summed E-state index contributed by atoms with van der Waals surface area (Å²) in [4.78, 5) is 21.2. The predicted molar refractivity (Wildman–Crippen MR) is 118 cm³/mol. The Hall–Kier alpha value is -2.88. The highest BCUT2D eigenvalue weighted by Gasteiger charge is 2.34. The van der Waals surface area contributed by atoms with E-state index in [1.165, 1.54) is 6.07 Å². The molecule has 3 N–H and O–H groups in total. The molecule has 1 aliphatic rings. The van der Waals surface area contributed by atoms with Crippen LogP contribution in [0.15, 0.2) is 60.7 Å². The zero-order valence-electron chi connectivity index (χ0n) is 17.6. The summed E-state index contributed by atoms with van der Waals surface area (Å²) in [6, 6.07) is 13.5. The van der Waals surface area contributed by atoms with Gasteiger partial charge in [0.1, 0.15) is 0 Å². The van der Waals surface area contributed by atoms with E-state index < -0.39 is 23.7 Å². The van der Waals surface area contributed by atoms with Crippen LogP contribution in [0.4, 0.5) is 13.2 Å². The largest absolute Gasteiger partial charge is 0.478 e. The third-order valence-electron chi connectivity index (χ3n) is 4.95. The molecule has 3 rings (SSSR count). The van der Waals surface area contributed by atoms with Gasteiger partial charge in [0, 0.05) is 42.9 Å². The zero-order valence-corrected chi connectivity index (χ0v) is 18.3. The lowest BCUT2D eigenvalue weighted by molar-refractivity contribution is -0.138. The van der Waals surface area contributed by atoms with Crippen LogP contribution in [-0.2, 0) is 28.9 Å². The Morgan fingerprint density at radius 1 is 1.00 bits per heavy atom. The Balaban J connectivity index is 0.000000414. The lowest BCUT2D eigenvalue weighted by atomic mass is 10.0. The molecule has 33 heavy (non-hydrogen) atoms. The van der Waals surface area contributed by atoms with Gasteiger partial charge < -0.3 is 15.5 Å². The van der Waals surface area contributed by atoms with Crippen LogP contribution in [0.5, 0.6) is 0 Å². The van der Waals surface area contributed by atoms with E-state index in [0.717, 1.165) is 31.1 Å². The number of rotatable bonds is 7. The molecule has 2 aromatic carbocycles. The SMILES string of the molecule is FC(F)(F)c1ccccc1CN(Cc1ccccc1Cl)[C@H]1CCNC1.O=C(O)/C=C/C(=O)O. The predicted octanol–water partition coefficient (Wildman–Crippen LogP) is 4.43. The van der Waals surface area contributed by atoms with Gasteiger partial charge in [-0.3, -0.25) is 4.90 Å². The molecule has 10 heteroatoms. The van der Waals surface area contributed by atoms with Crippen molar-refractivity contribution in [2.45, 2.75) is 31.7 Å². The van der Waals surface area contributed by atoms with Crippen molar-refractivity contribution in [3.63, 3.8) is 0 Å². The van der Waals surface area contributed by atoms with Crippen molar-refractivity contribution in [2.24, 2.45) is 0 Å². The normalized spacial score (nSPS) is 16.0. The van der Waals surface area contributed by atoms with E-state index in [2.05, 4.69) is 10.2 Å². The third kappa shape index (κ3) is 8.88. The molecular formula is C23H24ClF3N2O4.